The van der Waals surface area contributed by atoms with Crippen LogP contribution < -0.4 is 5.32 Å². The lowest BCUT2D eigenvalue weighted by Crippen LogP contribution is -2.36. The highest BCUT2D eigenvalue weighted by atomic mass is 79.9. The number of rotatable bonds is 6. The molecule has 86 valence electrons. The van der Waals surface area contributed by atoms with Crippen LogP contribution in [-0.2, 0) is 6.54 Å². The molecule has 1 aromatic rings. The molecule has 0 aliphatic rings. The minimum Gasteiger partial charge on any atom is -0.395 e. The van der Waals surface area contributed by atoms with Gasteiger partial charge in [-0.3, -0.25) is 0 Å². The molecule has 0 aliphatic heterocycles. The van der Waals surface area contributed by atoms with Gasteiger partial charge >= 0.3 is 0 Å². The van der Waals surface area contributed by atoms with Gasteiger partial charge in [0.1, 0.15) is 0 Å². The summed E-state index contributed by atoms with van der Waals surface area (Å²) in [6, 6.07) is 2.38. The molecule has 2 nitrogen and oxygen atoms in total. The van der Waals surface area contributed by atoms with Crippen LogP contribution in [0.25, 0.3) is 0 Å². The molecule has 15 heavy (non-hydrogen) atoms. The standard InChI is InChI=1S/C10H16BrNOS2/c1-7(10(6-13)14-2)12-5-9-8(11)3-4-15-9/h3-4,7,10,12-13H,5-6H2,1-2H3/t7-,10-/m1/s1. The predicted molar refractivity (Wildman–Crippen MR) is 72.7 cm³/mol. The van der Waals surface area contributed by atoms with Crippen LogP contribution in [0.3, 0.4) is 0 Å². The molecule has 1 aromatic heterocycles. The van der Waals surface area contributed by atoms with Crippen LogP contribution >= 0.6 is 39.0 Å². The predicted octanol–water partition coefficient (Wildman–Crippen LogP) is 2.71. The molecule has 2 N–H and O–H groups in total. The van der Waals surface area contributed by atoms with Crippen LogP contribution in [-0.4, -0.2) is 29.3 Å². The van der Waals surface area contributed by atoms with Gasteiger partial charge in [0, 0.05) is 27.2 Å². The van der Waals surface area contributed by atoms with Crippen molar-refractivity contribution < 1.29 is 5.11 Å². The summed E-state index contributed by atoms with van der Waals surface area (Å²) in [5, 5.41) is 14.9. The Kier molecular flexibility index (Phi) is 6.23. The highest BCUT2D eigenvalue weighted by Crippen LogP contribution is 2.22. The van der Waals surface area contributed by atoms with Crippen molar-refractivity contribution in [2.45, 2.75) is 24.8 Å². The second-order valence-corrected chi connectivity index (χ2v) is 6.25. The quantitative estimate of drug-likeness (QED) is 0.847. The Labute approximate surface area is 108 Å². The van der Waals surface area contributed by atoms with Gasteiger partial charge in [-0.15, -0.1) is 11.3 Å². The molecule has 0 fully saturated rings. The van der Waals surface area contributed by atoms with E-state index < -0.39 is 0 Å². The van der Waals surface area contributed by atoms with E-state index in [1.54, 1.807) is 23.1 Å². The topological polar surface area (TPSA) is 32.3 Å². The Bertz CT molecular complexity index is 289. The molecule has 2 atom stereocenters. The molecule has 0 aromatic carbocycles. The average Bonchev–Trinajstić information content (AvgIpc) is 2.63. The van der Waals surface area contributed by atoms with Crippen molar-refractivity contribution in [3.05, 3.63) is 20.8 Å². The van der Waals surface area contributed by atoms with Gasteiger partial charge in [-0.05, 0) is 40.6 Å². The fourth-order valence-corrected chi connectivity index (χ4v) is 3.37. The van der Waals surface area contributed by atoms with Crippen LogP contribution in [0.15, 0.2) is 15.9 Å². The molecule has 0 radical (unpaired) electrons. The second-order valence-electron chi connectivity index (χ2n) is 3.32. The Balaban J connectivity index is 2.40. The number of aliphatic hydroxyl groups excluding tert-OH is 1. The molecular formula is C10H16BrNOS2. The van der Waals surface area contributed by atoms with Crippen LogP contribution in [0, 0.1) is 0 Å². The molecule has 0 saturated carbocycles. The summed E-state index contributed by atoms with van der Waals surface area (Å²) in [4.78, 5) is 1.31. The maximum atomic E-state index is 9.14. The zero-order valence-electron chi connectivity index (χ0n) is 8.87. The normalized spacial score (nSPS) is 15.2. The van der Waals surface area contributed by atoms with Gasteiger partial charge in [0.15, 0.2) is 0 Å². The molecule has 5 heteroatoms. The van der Waals surface area contributed by atoms with Gasteiger partial charge < -0.3 is 10.4 Å². The molecular weight excluding hydrogens is 294 g/mol. The molecule has 0 amide bonds. The summed E-state index contributed by atoms with van der Waals surface area (Å²) in [6.07, 6.45) is 2.03. The highest BCUT2D eigenvalue weighted by molar-refractivity contribution is 9.10. The first-order chi connectivity index (χ1) is 7.19. The first-order valence-corrected chi connectivity index (χ1v) is 7.74. The van der Waals surface area contributed by atoms with Crippen molar-refractivity contribution in [3.8, 4) is 0 Å². The van der Waals surface area contributed by atoms with E-state index in [0.717, 1.165) is 11.0 Å². The first-order valence-electron chi connectivity index (χ1n) is 4.78. The third-order valence-corrected chi connectivity index (χ3v) is 5.41. The summed E-state index contributed by atoms with van der Waals surface area (Å²) in [5.41, 5.74) is 0. The molecule has 0 aliphatic carbocycles. The van der Waals surface area contributed by atoms with Crippen LogP contribution in [0.1, 0.15) is 11.8 Å². The zero-order chi connectivity index (χ0) is 11.3. The van der Waals surface area contributed by atoms with Gasteiger partial charge in [-0.25, -0.2) is 0 Å². The summed E-state index contributed by atoms with van der Waals surface area (Å²) in [5.74, 6) is 0. The first kappa shape index (κ1) is 13.5. The summed E-state index contributed by atoms with van der Waals surface area (Å²) >= 11 is 6.94. The third-order valence-electron chi connectivity index (χ3n) is 2.32. The van der Waals surface area contributed by atoms with Crippen molar-refractivity contribution >= 4 is 39.0 Å². The molecule has 0 saturated heterocycles. The largest absolute Gasteiger partial charge is 0.395 e. The maximum absolute atomic E-state index is 9.14. The number of thioether (sulfide) groups is 1. The zero-order valence-corrected chi connectivity index (χ0v) is 12.1. The van der Waals surface area contributed by atoms with Crippen molar-refractivity contribution in [2.24, 2.45) is 0 Å². The van der Waals surface area contributed by atoms with Crippen molar-refractivity contribution in [1.29, 1.82) is 0 Å². The van der Waals surface area contributed by atoms with Gasteiger partial charge in [0.25, 0.3) is 0 Å². The van der Waals surface area contributed by atoms with E-state index in [4.69, 9.17) is 5.11 Å². The Morgan fingerprint density at radius 2 is 2.40 bits per heavy atom. The van der Waals surface area contributed by atoms with E-state index >= 15 is 0 Å². The van der Waals surface area contributed by atoms with E-state index in [1.165, 1.54) is 4.88 Å². The van der Waals surface area contributed by atoms with E-state index in [-0.39, 0.29) is 11.9 Å². The monoisotopic (exact) mass is 309 g/mol. The van der Waals surface area contributed by atoms with E-state index in [1.807, 2.05) is 6.26 Å². The number of hydrogen-bond acceptors (Lipinski definition) is 4. The van der Waals surface area contributed by atoms with E-state index in [0.29, 0.717) is 6.04 Å². The summed E-state index contributed by atoms with van der Waals surface area (Å²) in [6.45, 7) is 3.19. The summed E-state index contributed by atoms with van der Waals surface area (Å²) in [7, 11) is 0. The Morgan fingerprint density at radius 1 is 1.67 bits per heavy atom. The van der Waals surface area contributed by atoms with Crippen LogP contribution in [0.4, 0.5) is 0 Å². The molecule has 0 spiro atoms. The summed E-state index contributed by atoms with van der Waals surface area (Å²) < 4.78 is 1.16. The highest BCUT2D eigenvalue weighted by Gasteiger charge is 2.14. The SMILES string of the molecule is CS[C@H](CO)[C@@H](C)NCc1sccc1Br. The van der Waals surface area contributed by atoms with E-state index in [2.05, 4.69) is 39.6 Å². The van der Waals surface area contributed by atoms with Crippen molar-refractivity contribution in [2.75, 3.05) is 12.9 Å². The number of thiophene rings is 1. The number of nitrogens with one attached hydrogen (secondary N) is 1. The Morgan fingerprint density at radius 3 is 2.87 bits per heavy atom. The third kappa shape index (κ3) is 4.07. The van der Waals surface area contributed by atoms with Gasteiger partial charge in [0.05, 0.1) is 6.61 Å². The van der Waals surface area contributed by atoms with Crippen molar-refractivity contribution in [3.63, 3.8) is 0 Å². The molecule has 1 rings (SSSR count). The average molecular weight is 310 g/mol. The molecule has 0 bridgehead atoms. The number of halogens is 1. The van der Waals surface area contributed by atoms with E-state index in [9.17, 15) is 0 Å². The number of hydrogen-bond donors (Lipinski definition) is 2. The fraction of sp³-hybridized carbons (Fsp3) is 0.600. The van der Waals surface area contributed by atoms with Crippen molar-refractivity contribution in [1.82, 2.24) is 5.32 Å². The minimum absolute atomic E-state index is 0.223. The lowest BCUT2D eigenvalue weighted by Gasteiger charge is -2.21. The Hall–Kier alpha value is 0.450. The van der Waals surface area contributed by atoms with Gasteiger partial charge in [0.2, 0.25) is 0 Å². The molecule has 1 heterocycles. The van der Waals surface area contributed by atoms with Crippen LogP contribution in [0.2, 0.25) is 0 Å². The molecule has 0 unspecified atom stereocenters. The van der Waals surface area contributed by atoms with Gasteiger partial charge in [-0.2, -0.15) is 11.8 Å². The smallest absolute Gasteiger partial charge is 0.0564 e. The second kappa shape index (κ2) is 6.91. The maximum Gasteiger partial charge on any atom is 0.0564 e. The minimum atomic E-state index is 0.223. The van der Waals surface area contributed by atoms with Crippen LogP contribution in [0.5, 0.6) is 0 Å². The lowest BCUT2D eigenvalue weighted by atomic mass is 10.2. The number of aliphatic hydroxyl groups is 1. The lowest BCUT2D eigenvalue weighted by molar-refractivity contribution is 0.276. The fourth-order valence-electron chi connectivity index (χ4n) is 1.27. The van der Waals surface area contributed by atoms with Gasteiger partial charge in [-0.1, -0.05) is 0 Å².